The molecule has 2 N–H and O–H groups in total. The first kappa shape index (κ1) is 22.8. The molecule has 6 nitrogen and oxygen atoms in total. The summed E-state index contributed by atoms with van der Waals surface area (Å²) in [5, 5.41) is 6.85. The van der Waals surface area contributed by atoms with Gasteiger partial charge in [0, 0.05) is 33.1 Å². The summed E-state index contributed by atoms with van der Waals surface area (Å²) in [5.41, 5.74) is 0. The molecule has 0 aliphatic heterocycles. The second-order valence-electron chi connectivity index (χ2n) is 6.98. The van der Waals surface area contributed by atoms with Gasteiger partial charge in [-0.3, -0.25) is 4.79 Å². The number of guanidine groups is 1. The van der Waals surface area contributed by atoms with Gasteiger partial charge >= 0.3 is 0 Å². The summed E-state index contributed by atoms with van der Waals surface area (Å²) in [4.78, 5) is 17.9. The molecule has 0 radical (unpaired) electrons. The molecule has 1 heterocycles. The van der Waals surface area contributed by atoms with Crippen molar-refractivity contribution < 1.29 is 9.21 Å². The third-order valence-electron chi connectivity index (χ3n) is 4.88. The Bertz CT molecular complexity index is 538. The Hall–Kier alpha value is -1.25. The zero-order valence-electron chi connectivity index (χ0n) is 16.2. The van der Waals surface area contributed by atoms with E-state index in [4.69, 9.17) is 4.42 Å². The average molecular weight is 476 g/mol. The van der Waals surface area contributed by atoms with E-state index in [1.54, 1.807) is 25.3 Å². The third-order valence-corrected chi connectivity index (χ3v) is 4.88. The topological polar surface area (TPSA) is 69.9 Å². The number of aliphatic imine (C=N–C) groups is 1. The van der Waals surface area contributed by atoms with Crippen molar-refractivity contribution in [3.8, 4) is 0 Å². The van der Waals surface area contributed by atoms with Crippen LogP contribution in [0.5, 0.6) is 0 Å². The van der Waals surface area contributed by atoms with Crippen molar-refractivity contribution in [1.82, 2.24) is 15.5 Å². The minimum absolute atomic E-state index is 0. The number of rotatable bonds is 7. The Morgan fingerprint density at radius 1 is 1.31 bits per heavy atom. The van der Waals surface area contributed by atoms with E-state index in [-0.39, 0.29) is 36.4 Å². The highest BCUT2D eigenvalue weighted by Gasteiger charge is 2.20. The molecule has 0 aromatic carbocycles. The molecule has 7 heteroatoms. The smallest absolute Gasteiger partial charge is 0.243 e. The molecule has 2 rings (SSSR count). The molecular weight excluding hydrogens is 443 g/mol. The second kappa shape index (κ2) is 12.2. The van der Waals surface area contributed by atoms with Crippen LogP contribution in [-0.2, 0) is 11.2 Å². The molecule has 1 amide bonds. The highest BCUT2D eigenvalue weighted by molar-refractivity contribution is 14.0. The van der Waals surface area contributed by atoms with E-state index < -0.39 is 0 Å². The maximum absolute atomic E-state index is 11.8. The molecule has 0 saturated heterocycles. The quantitative estimate of drug-likeness (QED) is 0.361. The Balaban J connectivity index is 0.00000338. The van der Waals surface area contributed by atoms with Crippen LogP contribution in [0.2, 0.25) is 0 Å². The molecule has 148 valence electrons. The molecular formula is C19H33IN4O2. The van der Waals surface area contributed by atoms with Crippen LogP contribution in [0.15, 0.2) is 27.8 Å². The lowest BCUT2D eigenvalue weighted by Gasteiger charge is -2.29. The van der Waals surface area contributed by atoms with E-state index in [2.05, 4.69) is 22.5 Å². The number of hydrogen-bond acceptors (Lipinski definition) is 3. The predicted molar refractivity (Wildman–Crippen MR) is 116 cm³/mol. The van der Waals surface area contributed by atoms with Crippen LogP contribution >= 0.6 is 24.0 Å². The molecule has 1 aliphatic carbocycles. The molecule has 0 atom stereocenters. The van der Waals surface area contributed by atoms with E-state index >= 15 is 0 Å². The van der Waals surface area contributed by atoms with Crippen LogP contribution < -0.4 is 10.6 Å². The summed E-state index contributed by atoms with van der Waals surface area (Å²) in [6, 6.07) is 4.30. The summed E-state index contributed by atoms with van der Waals surface area (Å²) < 4.78 is 5.36. The number of carbonyl (C=O) groups is 1. The van der Waals surface area contributed by atoms with Gasteiger partial charge in [0.2, 0.25) is 5.91 Å². The van der Waals surface area contributed by atoms with Gasteiger partial charge in [0.1, 0.15) is 12.3 Å². The predicted octanol–water partition coefficient (Wildman–Crippen LogP) is 3.03. The Kier molecular flexibility index (Phi) is 10.7. The maximum atomic E-state index is 11.8. The minimum Gasteiger partial charge on any atom is -0.469 e. The van der Waals surface area contributed by atoms with Gasteiger partial charge in [-0.05, 0) is 43.7 Å². The van der Waals surface area contributed by atoms with E-state index in [9.17, 15) is 4.79 Å². The molecule has 1 aromatic rings. The molecule has 0 spiro atoms. The normalized spacial score (nSPS) is 20.2. The van der Waals surface area contributed by atoms with Crippen molar-refractivity contribution >= 4 is 35.8 Å². The van der Waals surface area contributed by atoms with Gasteiger partial charge < -0.3 is 20.0 Å². The zero-order chi connectivity index (χ0) is 18.1. The number of nitrogens with one attached hydrogen (secondary N) is 2. The van der Waals surface area contributed by atoms with Crippen LogP contribution in [0, 0.1) is 5.92 Å². The van der Waals surface area contributed by atoms with Crippen LogP contribution in [0.3, 0.4) is 0 Å². The highest BCUT2D eigenvalue weighted by atomic mass is 127. The van der Waals surface area contributed by atoms with Crippen LogP contribution in [0.4, 0.5) is 0 Å². The summed E-state index contributed by atoms with van der Waals surface area (Å²) in [6.07, 6.45) is 8.61. The maximum Gasteiger partial charge on any atom is 0.243 e. The molecule has 1 fully saturated rings. The van der Waals surface area contributed by atoms with Crippen molar-refractivity contribution in [2.24, 2.45) is 10.9 Å². The van der Waals surface area contributed by atoms with E-state index in [1.165, 1.54) is 32.1 Å². The fourth-order valence-corrected chi connectivity index (χ4v) is 3.11. The fraction of sp³-hybridized carbons (Fsp3) is 0.684. The highest BCUT2D eigenvalue weighted by Crippen LogP contribution is 2.26. The van der Waals surface area contributed by atoms with E-state index in [0.29, 0.717) is 6.04 Å². The Morgan fingerprint density at radius 3 is 2.62 bits per heavy atom. The Morgan fingerprint density at radius 2 is 2.04 bits per heavy atom. The van der Waals surface area contributed by atoms with Crippen molar-refractivity contribution in [1.29, 1.82) is 0 Å². The number of carbonyl (C=O) groups excluding carboxylic acids is 1. The van der Waals surface area contributed by atoms with Crippen LogP contribution in [-0.4, -0.2) is 50.0 Å². The average Bonchev–Trinajstić information content (AvgIpc) is 3.13. The van der Waals surface area contributed by atoms with Gasteiger partial charge in [-0.15, -0.1) is 24.0 Å². The van der Waals surface area contributed by atoms with Gasteiger partial charge in [-0.1, -0.05) is 13.3 Å². The van der Waals surface area contributed by atoms with Crippen LogP contribution in [0.1, 0.15) is 44.8 Å². The van der Waals surface area contributed by atoms with Crippen molar-refractivity contribution in [2.45, 2.75) is 51.5 Å². The molecule has 0 unspecified atom stereocenters. The molecule has 1 aliphatic rings. The summed E-state index contributed by atoms with van der Waals surface area (Å²) in [6.45, 7) is 3.15. The monoisotopic (exact) mass is 476 g/mol. The number of amides is 1. The largest absolute Gasteiger partial charge is 0.469 e. The lowest BCUT2D eigenvalue weighted by atomic mass is 9.84. The van der Waals surface area contributed by atoms with Crippen molar-refractivity contribution in [3.05, 3.63) is 24.2 Å². The van der Waals surface area contributed by atoms with E-state index in [0.717, 1.165) is 30.6 Å². The first-order chi connectivity index (χ1) is 12.1. The standard InChI is InChI=1S/C19H32N4O2.HI/c1-4-15-7-9-16(10-8-15)22-19(21-14-18(24)23(2)3)20-12-11-17-6-5-13-25-17;/h5-6,13,15-16H,4,7-12,14H2,1-3H3,(H2,20,21,22);1H. The first-order valence-corrected chi connectivity index (χ1v) is 9.35. The SMILES string of the molecule is CCC1CCC(NC(=NCC(=O)N(C)C)NCCc2ccco2)CC1.I. The first-order valence-electron chi connectivity index (χ1n) is 9.35. The number of likely N-dealkylation sites (N-methyl/N-ethyl adjacent to an activating group) is 1. The summed E-state index contributed by atoms with van der Waals surface area (Å²) >= 11 is 0. The van der Waals surface area contributed by atoms with Gasteiger partial charge in [-0.2, -0.15) is 0 Å². The van der Waals surface area contributed by atoms with Gasteiger partial charge in [0.05, 0.1) is 6.26 Å². The van der Waals surface area contributed by atoms with E-state index in [1.807, 2.05) is 12.1 Å². The number of hydrogen-bond donors (Lipinski definition) is 2. The number of nitrogens with zero attached hydrogens (tertiary/aromatic N) is 2. The second-order valence-corrected chi connectivity index (χ2v) is 6.98. The van der Waals surface area contributed by atoms with Crippen molar-refractivity contribution in [2.75, 3.05) is 27.2 Å². The Labute approximate surface area is 174 Å². The van der Waals surface area contributed by atoms with Crippen molar-refractivity contribution in [3.63, 3.8) is 0 Å². The molecule has 26 heavy (non-hydrogen) atoms. The third kappa shape index (κ3) is 7.97. The van der Waals surface area contributed by atoms with Crippen LogP contribution in [0.25, 0.3) is 0 Å². The van der Waals surface area contributed by atoms with Gasteiger partial charge in [0.25, 0.3) is 0 Å². The zero-order valence-corrected chi connectivity index (χ0v) is 18.5. The lowest BCUT2D eigenvalue weighted by molar-refractivity contribution is -0.127. The summed E-state index contributed by atoms with van der Waals surface area (Å²) in [7, 11) is 3.50. The number of halogens is 1. The molecule has 1 saturated carbocycles. The minimum atomic E-state index is 0. The number of furan rings is 1. The van der Waals surface area contributed by atoms with Gasteiger partial charge in [0.15, 0.2) is 5.96 Å². The lowest BCUT2D eigenvalue weighted by Crippen LogP contribution is -2.46. The fourth-order valence-electron chi connectivity index (χ4n) is 3.11. The van der Waals surface area contributed by atoms with Gasteiger partial charge in [-0.25, -0.2) is 4.99 Å². The summed E-state index contributed by atoms with van der Waals surface area (Å²) in [5.74, 6) is 2.53. The molecule has 0 bridgehead atoms. The molecule has 1 aromatic heterocycles.